The molecule has 0 saturated carbocycles. The number of nitrogens with one attached hydrogen (secondary N) is 1. The van der Waals surface area contributed by atoms with E-state index in [2.05, 4.69) is 22.0 Å². The summed E-state index contributed by atoms with van der Waals surface area (Å²) < 4.78 is 24.3. The Labute approximate surface area is 184 Å². The molecule has 0 spiro atoms. The third-order valence-electron chi connectivity index (χ3n) is 5.61. The number of hydrogen-bond acceptors (Lipinski definition) is 6. The summed E-state index contributed by atoms with van der Waals surface area (Å²) in [7, 11) is 1.61. The van der Waals surface area contributed by atoms with Crippen molar-refractivity contribution in [2.75, 3.05) is 53.0 Å². The second kappa shape index (κ2) is 12.0. The number of aliphatic hydroxyl groups is 1. The van der Waals surface area contributed by atoms with E-state index in [1.807, 2.05) is 18.2 Å². The number of ether oxygens (including phenoxy) is 2. The van der Waals surface area contributed by atoms with E-state index in [9.17, 15) is 9.50 Å². The minimum absolute atomic E-state index is 0.228. The molecule has 1 unspecified atom stereocenters. The Bertz CT molecular complexity index is 795. The van der Waals surface area contributed by atoms with Gasteiger partial charge in [-0.15, -0.1) is 0 Å². The lowest BCUT2D eigenvalue weighted by Gasteiger charge is -2.34. The van der Waals surface area contributed by atoms with Gasteiger partial charge in [-0.25, -0.2) is 4.39 Å². The lowest BCUT2D eigenvalue weighted by Crippen LogP contribution is -2.49. The van der Waals surface area contributed by atoms with E-state index in [0.29, 0.717) is 31.1 Å². The van der Waals surface area contributed by atoms with Crippen LogP contribution in [0.3, 0.4) is 0 Å². The third kappa shape index (κ3) is 7.47. The number of piperazine rings is 1. The smallest absolute Gasteiger partial charge is 0.161 e. The predicted octanol–water partition coefficient (Wildman–Crippen LogP) is 2.50. The Hall–Kier alpha value is -2.19. The number of hydrogen-bond donors (Lipinski definition) is 2. The zero-order chi connectivity index (χ0) is 22.1. The molecule has 2 aromatic rings. The van der Waals surface area contributed by atoms with Crippen molar-refractivity contribution in [3.8, 4) is 11.5 Å². The quantitative estimate of drug-likeness (QED) is 0.570. The van der Waals surface area contributed by atoms with Gasteiger partial charge in [0.2, 0.25) is 0 Å². The van der Waals surface area contributed by atoms with Gasteiger partial charge in [0.1, 0.15) is 18.5 Å². The van der Waals surface area contributed by atoms with Crippen molar-refractivity contribution in [2.45, 2.75) is 26.1 Å². The Morgan fingerprint density at radius 3 is 2.29 bits per heavy atom. The maximum Gasteiger partial charge on any atom is 0.161 e. The van der Waals surface area contributed by atoms with Gasteiger partial charge in [-0.1, -0.05) is 25.1 Å². The van der Waals surface area contributed by atoms with Gasteiger partial charge >= 0.3 is 0 Å². The molecule has 0 amide bonds. The molecule has 1 aliphatic rings. The summed E-state index contributed by atoms with van der Waals surface area (Å²) in [5.41, 5.74) is 2.08. The molecule has 0 bridgehead atoms. The molecule has 0 radical (unpaired) electrons. The van der Waals surface area contributed by atoms with Gasteiger partial charge in [-0.2, -0.15) is 0 Å². The zero-order valence-corrected chi connectivity index (χ0v) is 18.5. The van der Waals surface area contributed by atoms with E-state index in [1.165, 1.54) is 12.1 Å². The first kappa shape index (κ1) is 23.5. The fraction of sp³-hybridized carbons (Fsp3) is 0.500. The molecule has 1 fully saturated rings. The minimum Gasteiger partial charge on any atom is -0.493 e. The number of halogens is 1. The normalized spacial score (nSPS) is 16.3. The monoisotopic (exact) mass is 431 g/mol. The van der Waals surface area contributed by atoms with E-state index < -0.39 is 6.10 Å². The van der Waals surface area contributed by atoms with Crippen LogP contribution in [-0.2, 0) is 13.1 Å². The van der Waals surface area contributed by atoms with Crippen LogP contribution in [0.1, 0.15) is 18.1 Å². The van der Waals surface area contributed by atoms with Crippen molar-refractivity contribution in [3.05, 3.63) is 59.4 Å². The van der Waals surface area contributed by atoms with Crippen molar-refractivity contribution in [1.82, 2.24) is 15.1 Å². The highest BCUT2D eigenvalue weighted by Gasteiger charge is 2.19. The summed E-state index contributed by atoms with van der Waals surface area (Å²) in [6, 6.07) is 12.3. The number of nitrogens with zero attached hydrogens (tertiary/aromatic N) is 2. The van der Waals surface area contributed by atoms with E-state index in [1.54, 1.807) is 19.2 Å². The summed E-state index contributed by atoms with van der Waals surface area (Å²) in [6.07, 6.45) is -0.546. The number of β-amino-alcohol motifs (C(OH)–C–C–N with tert-alkyl or cyclic N) is 1. The second-order valence-corrected chi connectivity index (χ2v) is 7.91. The lowest BCUT2D eigenvalue weighted by atomic mass is 10.2. The number of benzene rings is 2. The van der Waals surface area contributed by atoms with Gasteiger partial charge in [0, 0.05) is 45.8 Å². The molecule has 170 valence electrons. The first-order valence-corrected chi connectivity index (χ1v) is 10.9. The third-order valence-corrected chi connectivity index (χ3v) is 5.61. The van der Waals surface area contributed by atoms with E-state index in [-0.39, 0.29) is 12.4 Å². The molecule has 1 heterocycles. The molecule has 1 saturated heterocycles. The summed E-state index contributed by atoms with van der Waals surface area (Å²) >= 11 is 0. The van der Waals surface area contributed by atoms with Crippen LogP contribution in [0.5, 0.6) is 11.5 Å². The summed E-state index contributed by atoms with van der Waals surface area (Å²) in [5, 5.41) is 13.7. The maximum absolute atomic E-state index is 13.0. The average Bonchev–Trinajstić information content (AvgIpc) is 2.80. The van der Waals surface area contributed by atoms with Crippen LogP contribution in [0, 0.1) is 5.82 Å². The fourth-order valence-electron chi connectivity index (χ4n) is 3.72. The van der Waals surface area contributed by atoms with Crippen molar-refractivity contribution < 1.29 is 19.0 Å². The Morgan fingerprint density at radius 1 is 0.968 bits per heavy atom. The van der Waals surface area contributed by atoms with Gasteiger partial charge in [0.15, 0.2) is 11.5 Å². The van der Waals surface area contributed by atoms with Crippen molar-refractivity contribution in [2.24, 2.45) is 0 Å². The summed E-state index contributed by atoms with van der Waals surface area (Å²) in [4.78, 5) is 4.70. The average molecular weight is 432 g/mol. The minimum atomic E-state index is -0.546. The molecule has 6 nitrogen and oxygen atoms in total. The first-order valence-electron chi connectivity index (χ1n) is 10.9. The molecular weight excluding hydrogens is 397 g/mol. The largest absolute Gasteiger partial charge is 0.493 e. The number of methoxy groups -OCH3 is 1. The number of rotatable bonds is 11. The highest BCUT2D eigenvalue weighted by Crippen LogP contribution is 2.28. The predicted molar refractivity (Wildman–Crippen MR) is 120 cm³/mol. The fourth-order valence-corrected chi connectivity index (χ4v) is 3.72. The second-order valence-electron chi connectivity index (χ2n) is 7.91. The van der Waals surface area contributed by atoms with Crippen LogP contribution >= 0.6 is 0 Å². The van der Waals surface area contributed by atoms with Gasteiger partial charge in [-0.3, -0.25) is 4.90 Å². The van der Waals surface area contributed by atoms with Crippen LogP contribution in [0.25, 0.3) is 0 Å². The van der Waals surface area contributed by atoms with Crippen molar-refractivity contribution in [3.63, 3.8) is 0 Å². The van der Waals surface area contributed by atoms with Gasteiger partial charge in [0.25, 0.3) is 0 Å². The molecule has 1 atom stereocenters. The van der Waals surface area contributed by atoms with Crippen molar-refractivity contribution >= 4 is 0 Å². The number of aliphatic hydroxyl groups excluding tert-OH is 1. The molecule has 31 heavy (non-hydrogen) atoms. The van der Waals surface area contributed by atoms with E-state index in [4.69, 9.17) is 9.47 Å². The summed E-state index contributed by atoms with van der Waals surface area (Å²) in [6.45, 7) is 9.47. The van der Waals surface area contributed by atoms with Crippen molar-refractivity contribution in [1.29, 1.82) is 0 Å². The maximum atomic E-state index is 13.0. The molecule has 3 rings (SSSR count). The van der Waals surface area contributed by atoms with Crippen LogP contribution in [0.4, 0.5) is 4.39 Å². The summed E-state index contributed by atoms with van der Waals surface area (Å²) in [5.74, 6) is 1.04. The Morgan fingerprint density at radius 2 is 1.61 bits per heavy atom. The number of likely N-dealkylation sites (N-methyl/N-ethyl adjacent to an activating group) is 1. The topological polar surface area (TPSA) is 57.2 Å². The standard InChI is InChI=1S/C24H34FN3O3/c1-3-27-10-12-28(13-11-27)17-22(29)18-31-23-9-6-20(14-24(23)30-2)16-26-15-19-4-7-21(25)8-5-19/h4-9,14,22,26,29H,3,10-13,15-18H2,1-2H3. The Balaban J connectivity index is 1.44. The molecule has 1 aliphatic heterocycles. The SMILES string of the molecule is CCN1CCN(CC(O)COc2ccc(CNCc3ccc(F)cc3)cc2OC)CC1. The van der Waals surface area contributed by atoms with Gasteiger partial charge in [-0.05, 0) is 41.9 Å². The molecule has 0 aliphatic carbocycles. The molecule has 2 aromatic carbocycles. The molecule has 7 heteroatoms. The van der Waals surface area contributed by atoms with Gasteiger partial charge in [0.05, 0.1) is 7.11 Å². The highest BCUT2D eigenvalue weighted by atomic mass is 19.1. The van der Waals surface area contributed by atoms with E-state index >= 15 is 0 Å². The highest BCUT2D eigenvalue weighted by molar-refractivity contribution is 5.43. The van der Waals surface area contributed by atoms with E-state index in [0.717, 1.165) is 43.9 Å². The zero-order valence-electron chi connectivity index (χ0n) is 18.5. The van der Waals surface area contributed by atoms with Crippen LogP contribution in [0.2, 0.25) is 0 Å². The molecule has 2 N–H and O–H groups in total. The van der Waals surface area contributed by atoms with Crippen LogP contribution in [-0.4, -0.2) is 74.0 Å². The van der Waals surface area contributed by atoms with Crippen LogP contribution in [0.15, 0.2) is 42.5 Å². The lowest BCUT2D eigenvalue weighted by molar-refractivity contribution is 0.0464. The van der Waals surface area contributed by atoms with Gasteiger partial charge < -0.3 is 24.8 Å². The first-order chi connectivity index (χ1) is 15.1. The van der Waals surface area contributed by atoms with Crippen LogP contribution < -0.4 is 14.8 Å². The Kier molecular flexibility index (Phi) is 9.09. The molecule has 0 aromatic heterocycles. The molecular formula is C24H34FN3O3.